The molecule has 0 saturated heterocycles. The van der Waals surface area contributed by atoms with E-state index >= 15 is 0 Å². The van der Waals surface area contributed by atoms with Gasteiger partial charge in [-0.3, -0.25) is 19.7 Å². The van der Waals surface area contributed by atoms with Crippen molar-refractivity contribution in [2.75, 3.05) is 0 Å². The van der Waals surface area contributed by atoms with Crippen LogP contribution in [0.25, 0.3) is 0 Å². The van der Waals surface area contributed by atoms with Crippen molar-refractivity contribution in [3.05, 3.63) is 46.0 Å². The van der Waals surface area contributed by atoms with E-state index in [1.807, 2.05) is 0 Å². The average Bonchev–Trinajstić information content (AvgIpc) is 2.44. The van der Waals surface area contributed by atoms with E-state index in [-0.39, 0.29) is 29.7 Å². The van der Waals surface area contributed by atoms with Gasteiger partial charge in [-0.1, -0.05) is 6.58 Å². The van der Waals surface area contributed by atoms with E-state index in [1.165, 1.54) is 6.07 Å². The quantitative estimate of drug-likeness (QED) is 0.203. The Labute approximate surface area is 118 Å². The maximum Gasteiger partial charge on any atom is 0.330 e. The molecule has 0 saturated carbocycles. The number of nitro benzene ring substituents is 1. The van der Waals surface area contributed by atoms with Crippen LogP contribution in [0, 0.1) is 10.1 Å². The van der Waals surface area contributed by atoms with Crippen LogP contribution in [0.5, 0.6) is 5.75 Å². The standard InChI is InChI=1S/C13H11NO7/c1-8(13(17)18)2-5-12(16)21-11-4-3-9(7-15)6-10(11)14(19)20/h3-4,6-7H,1-2,5H2,(H,17,18). The zero-order valence-corrected chi connectivity index (χ0v) is 10.8. The minimum Gasteiger partial charge on any atom is -0.478 e. The Kier molecular flexibility index (Phi) is 5.30. The average molecular weight is 293 g/mol. The van der Waals surface area contributed by atoms with E-state index in [2.05, 4.69) is 6.58 Å². The predicted octanol–water partition coefficient (Wildman–Crippen LogP) is 1.73. The van der Waals surface area contributed by atoms with Crippen LogP contribution in [0.1, 0.15) is 23.2 Å². The number of rotatable bonds is 7. The van der Waals surface area contributed by atoms with Crippen LogP contribution in [0.2, 0.25) is 0 Å². The largest absolute Gasteiger partial charge is 0.478 e. The van der Waals surface area contributed by atoms with Crippen molar-refractivity contribution in [3.8, 4) is 5.75 Å². The number of hydrogen-bond donors (Lipinski definition) is 1. The van der Waals surface area contributed by atoms with Crippen molar-refractivity contribution in [3.63, 3.8) is 0 Å². The molecule has 21 heavy (non-hydrogen) atoms. The number of ether oxygens (including phenoxy) is 1. The number of hydrogen-bond acceptors (Lipinski definition) is 6. The van der Waals surface area contributed by atoms with Gasteiger partial charge in [0.2, 0.25) is 5.75 Å². The maximum absolute atomic E-state index is 11.5. The highest BCUT2D eigenvalue weighted by atomic mass is 16.6. The van der Waals surface area contributed by atoms with Gasteiger partial charge in [-0.05, 0) is 18.6 Å². The third-order valence-corrected chi connectivity index (χ3v) is 2.47. The van der Waals surface area contributed by atoms with E-state index in [9.17, 15) is 24.5 Å². The fourth-order valence-corrected chi connectivity index (χ4v) is 1.37. The lowest BCUT2D eigenvalue weighted by molar-refractivity contribution is -0.385. The fraction of sp³-hybridized carbons (Fsp3) is 0.154. The van der Waals surface area contributed by atoms with Gasteiger partial charge in [0.1, 0.15) is 6.29 Å². The molecule has 0 amide bonds. The van der Waals surface area contributed by atoms with Gasteiger partial charge in [0.15, 0.2) is 0 Å². The van der Waals surface area contributed by atoms with Crippen LogP contribution in [-0.2, 0) is 9.59 Å². The molecule has 110 valence electrons. The Bertz CT molecular complexity index is 621. The van der Waals surface area contributed by atoms with Crippen LogP contribution >= 0.6 is 0 Å². The maximum atomic E-state index is 11.5. The number of carboxylic acid groups (broad SMARTS) is 1. The van der Waals surface area contributed by atoms with Gasteiger partial charge >= 0.3 is 17.6 Å². The molecule has 0 bridgehead atoms. The van der Waals surface area contributed by atoms with Gasteiger partial charge in [-0.25, -0.2) is 4.79 Å². The number of carbonyl (C=O) groups excluding carboxylic acids is 2. The number of aliphatic carboxylic acids is 1. The van der Waals surface area contributed by atoms with E-state index < -0.39 is 22.5 Å². The molecular weight excluding hydrogens is 282 g/mol. The van der Waals surface area contributed by atoms with Crippen molar-refractivity contribution in [1.29, 1.82) is 0 Å². The topological polar surface area (TPSA) is 124 Å². The van der Waals surface area contributed by atoms with Gasteiger partial charge in [0, 0.05) is 17.2 Å². The number of carboxylic acids is 1. The molecule has 0 fully saturated rings. The summed E-state index contributed by atoms with van der Waals surface area (Å²) in [6, 6.07) is 3.37. The first-order chi connectivity index (χ1) is 9.85. The molecule has 1 rings (SSSR count). The van der Waals surface area contributed by atoms with E-state index in [1.54, 1.807) is 0 Å². The second-order valence-corrected chi connectivity index (χ2v) is 3.98. The molecule has 0 atom stereocenters. The molecule has 0 aliphatic rings. The third kappa shape index (κ3) is 4.53. The van der Waals surface area contributed by atoms with Crippen LogP contribution in [0.4, 0.5) is 5.69 Å². The molecule has 1 aromatic carbocycles. The van der Waals surface area contributed by atoms with Crippen LogP contribution < -0.4 is 4.74 Å². The zero-order chi connectivity index (χ0) is 16.0. The molecule has 0 aromatic heterocycles. The number of nitrogens with zero attached hydrogens (tertiary/aromatic N) is 1. The third-order valence-electron chi connectivity index (χ3n) is 2.47. The Morgan fingerprint density at radius 3 is 2.57 bits per heavy atom. The lowest BCUT2D eigenvalue weighted by Gasteiger charge is -2.05. The summed E-state index contributed by atoms with van der Waals surface area (Å²) >= 11 is 0. The summed E-state index contributed by atoms with van der Waals surface area (Å²) < 4.78 is 4.81. The number of benzene rings is 1. The van der Waals surface area contributed by atoms with Crippen LogP contribution in [-0.4, -0.2) is 28.3 Å². The van der Waals surface area contributed by atoms with E-state index in [0.29, 0.717) is 6.29 Å². The highest BCUT2D eigenvalue weighted by Gasteiger charge is 2.19. The number of esters is 1. The van der Waals surface area contributed by atoms with Gasteiger partial charge in [0.25, 0.3) is 0 Å². The number of carbonyl (C=O) groups is 3. The highest BCUT2D eigenvalue weighted by Crippen LogP contribution is 2.28. The Morgan fingerprint density at radius 1 is 1.38 bits per heavy atom. The van der Waals surface area contributed by atoms with Gasteiger partial charge in [-0.15, -0.1) is 0 Å². The molecule has 1 N–H and O–H groups in total. The monoisotopic (exact) mass is 293 g/mol. The van der Waals surface area contributed by atoms with Gasteiger partial charge in [-0.2, -0.15) is 0 Å². The summed E-state index contributed by atoms with van der Waals surface area (Å²) in [5.74, 6) is -2.37. The highest BCUT2D eigenvalue weighted by molar-refractivity contribution is 5.87. The van der Waals surface area contributed by atoms with Crippen molar-refractivity contribution in [1.82, 2.24) is 0 Å². The van der Waals surface area contributed by atoms with Crippen molar-refractivity contribution < 1.29 is 29.2 Å². The summed E-state index contributed by atoms with van der Waals surface area (Å²) in [6.07, 6.45) is 0.0154. The number of nitro groups is 1. The van der Waals surface area contributed by atoms with Gasteiger partial charge < -0.3 is 9.84 Å². The first-order valence-corrected chi connectivity index (χ1v) is 5.70. The lowest BCUT2D eigenvalue weighted by atomic mass is 10.1. The fourth-order valence-electron chi connectivity index (χ4n) is 1.37. The summed E-state index contributed by atoms with van der Waals surface area (Å²) in [5, 5.41) is 19.4. The lowest BCUT2D eigenvalue weighted by Crippen LogP contribution is -2.11. The SMILES string of the molecule is C=C(CCC(=O)Oc1ccc(C=O)cc1[N+](=O)[O-])C(=O)O. The Balaban J connectivity index is 2.80. The van der Waals surface area contributed by atoms with E-state index in [4.69, 9.17) is 9.84 Å². The van der Waals surface area contributed by atoms with Gasteiger partial charge in [0.05, 0.1) is 11.3 Å². The van der Waals surface area contributed by atoms with Crippen molar-refractivity contribution >= 4 is 23.9 Å². The Hall–Kier alpha value is -3.03. The molecular formula is C13H11NO7. The molecule has 0 heterocycles. The molecule has 0 aliphatic heterocycles. The summed E-state index contributed by atoms with van der Waals surface area (Å²) in [7, 11) is 0. The molecule has 0 spiro atoms. The summed E-state index contributed by atoms with van der Waals surface area (Å²) in [5.41, 5.74) is -0.622. The molecule has 0 unspecified atom stereocenters. The molecule has 8 nitrogen and oxygen atoms in total. The predicted molar refractivity (Wildman–Crippen MR) is 70.1 cm³/mol. The van der Waals surface area contributed by atoms with Crippen molar-refractivity contribution in [2.45, 2.75) is 12.8 Å². The minimum atomic E-state index is -1.23. The first-order valence-electron chi connectivity index (χ1n) is 5.70. The molecule has 1 aromatic rings. The molecule has 0 aliphatic carbocycles. The zero-order valence-electron chi connectivity index (χ0n) is 10.8. The Morgan fingerprint density at radius 2 is 2.05 bits per heavy atom. The summed E-state index contributed by atoms with van der Waals surface area (Å²) in [6.45, 7) is 3.25. The molecule has 8 heteroatoms. The van der Waals surface area contributed by atoms with E-state index in [0.717, 1.165) is 12.1 Å². The van der Waals surface area contributed by atoms with Crippen LogP contribution in [0.3, 0.4) is 0 Å². The second kappa shape index (κ2) is 6.94. The summed E-state index contributed by atoms with van der Waals surface area (Å²) in [4.78, 5) is 42.6. The first kappa shape index (κ1) is 16.0. The minimum absolute atomic E-state index is 0.0701. The van der Waals surface area contributed by atoms with Crippen LogP contribution in [0.15, 0.2) is 30.4 Å². The van der Waals surface area contributed by atoms with Crippen molar-refractivity contribution in [2.24, 2.45) is 0 Å². The second-order valence-electron chi connectivity index (χ2n) is 3.98. The molecule has 0 radical (unpaired) electrons. The normalized spacial score (nSPS) is 9.71. The smallest absolute Gasteiger partial charge is 0.330 e. The number of aldehydes is 1.